The number of hydrazine groups is 1. The molecule has 5 nitrogen and oxygen atoms in total. The van der Waals surface area contributed by atoms with Crippen LogP contribution in [0.3, 0.4) is 0 Å². The van der Waals surface area contributed by atoms with E-state index >= 15 is 0 Å². The van der Waals surface area contributed by atoms with Crippen LogP contribution in [0.15, 0.2) is 24.3 Å². The van der Waals surface area contributed by atoms with Crippen LogP contribution in [0.1, 0.15) is 24.8 Å². The van der Waals surface area contributed by atoms with Gasteiger partial charge >= 0.3 is 5.97 Å². The Kier molecular flexibility index (Phi) is 2.52. The Labute approximate surface area is 111 Å². The zero-order valence-corrected chi connectivity index (χ0v) is 10.8. The molecule has 1 saturated heterocycles. The summed E-state index contributed by atoms with van der Waals surface area (Å²) < 4.78 is 0. The van der Waals surface area contributed by atoms with Crippen molar-refractivity contribution in [2.45, 2.75) is 24.7 Å². The van der Waals surface area contributed by atoms with E-state index in [4.69, 9.17) is 0 Å². The fourth-order valence-electron chi connectivity index (χ4n) is 2.76. The van der Waals surface area contributed by atoms with Crippen molar-refractivity contribution in [1.29, 1.82) is 0 Å². The molecule has 1 amide bonds. The molecule has 1 N–H and O–H groups in total. The lowest BCUT2D eigenvalue weighted by atomic mass is 9.94. The molecule has 2 fully saturated rings. The summed E-state index contributed by atoms with van der Waals surface area (Å²) in [6.07, 6.45) is 1.82. The second-order valence-electron chi connectivity index (χ2n) is 5.19. The molecular weight excluding hydrogens is 244 g/mol. The molecule has 19 heavy (non-hydrogen) atoms. The van der Waals surface area contributed by atoms with Crippen LogP contribution in [0.4, 0.5) is 5.69 Å². The van der Waals surface area contributed by atoms with E-state index < -0.39 is 11.4 Å². The molecule has 0 unspecified atom stereocenters. The summed E-state index contributed by atoms with van der Waals surface area (Å²) in [6.45, 7) is 0.613. The van der Waals surface area contributed by atoms with Gasteiger partial charge in [-0.15, -0.1) is 0 Å². The Balaban J connectivity index is 2.04. The zero-order valence-electron chi connectivity index (χ0n) is 10.8. The molecule has 1 heterocycles. The van der Waals surface area contributed by atoms with Crippen molar-refractivity contribution in [2.75, 3.05) is 18.6 Å². The second-order valence-corrected chi connectivity index (χ2v) is 5.19. The molecule has 2 aliphatic rings. The van der Waals surface area contributed by atoms with Crippen molar-refractivity contribution < 1.29 is 14.7 Å². The van der Waals surface area contributed by atoms with Gasteiger partial charge in [0.25, 0.3) is 0 Å². The largest absolute Gasteiger partial charge is 0.481 e. The van der Waals surface area contributed by atoms with Gasteiger partial charge in [0, 0.05) is 20.0 Å². The Morgan fingerprint density at radius 2 is 2.00 bits per heavy atom. The van der Waals surface area contributed by atoms with Crippen LogP contribution in [-0.2, 0) is 15.0 Å². The third-order valence-electron chi connectivity index (χ3n) is 4.12. The van der Waals surface area contributed by atoms with Crippen molar-refractivity contribution in [2.24, 2.45) is 0 Å². The summed E-state index contributed by atoms with van der Waals surface area (Å²) in [5.74, 6) is -0.705. The van der Waals surface area contributed by atoms with Gasteiger partial charge in [0.1, 0.15) is 0 Å². The number of amides is 1. The lowest BCUT2D eigenvalue weighted by Crippen LogP contribution is -2.37. The number of benzene rings is 1. The smallest absolute Gasteiger partial charge is 0.314 e. The van der Waals surface area contributed by atoms with E-state index in [0.29, 0.717) is 25.8 Å². The minimum Gasteiger partial charge on any atom is -0.481 e. The number of carbonyl (C=O) groups is 2. The first-order valence-electron chi connectivity index (χ1n) is 6.43. The first-order chi connectivity index (χ1) is 9.06. The summed E-state index contributed by atoms with van der Waals surface area (Å²) in [6, 6.07) is 7.51. The SMILES string of the molecule is CN1C(=O)CCN1c1ccccc1C1(C(=O)O)CC1. The Morgan fingerprint density at radius 1 is 1.32 bits per heavy atom. The zero-order chi connectivity index (χ0) is 13.6. The van der Waals surface area contributed by atoms with Gasteiger partial charge in [-0.05, 0) is 24.5 Å². The average molecular weight is 260 g/mol. The third kappa shape index (κ3) is 1.69. The second kappa shape index (κ2) is 3.98. The minimum atomic E-state index is -0.770. The maximum Gasteiger partial charge on any atom is 0.314 e. The summed E-state index contributed by atoms with van der Waals surface area (Å²) >= 11 is 0. The molecule has 0 spiro atoms. The van der Waals surface area contributed by atoms with Crippen molar-refractivity contribution in [3.8, 4) is 0 Å². The number of rotatable bonds is 3. The van der Waals surface area contributed by atoms with E-state index in [0.717, 1.165) is 11.3 Å². The Morgan fingerprint density at radius 3 is 2.53 bits per heavy atom. The van der Waals surface area contributed by atoms with Gasteiger partial charge in [0.15, 0.2) is 0 Å². The molecule has 1 aliphatic carbocycles. The molecule has 1 saturated carbocycles. The molecule has 5 heteroatoms. The van der Waals surface area contributed by atoms with Gasteiger partial charge in [0.2, 0.25) is 5.91 Å². The highest BCUT2D eigenvalue weighted by Crippen LogP contribution is 2.51. The normalized spacial score (nSPS) is 20.8. The number of para-hydroxylation sites is 1. The maximum absolute atomic E-state index is 11.6. The van der Waals surface area contributed by atoms with Gasteiger partial charge in [0.05, 0.1) is 11.1 Å². The van der Waals surface area contributed by atoms with E-state index in [2.05, 4.69) is 0 Å². The molecule has 100 valence electrons. The summed E-state index contributed by atoms with van der Waals surface area (Å²) in [4.78, 5) is 23.1. The summed E-state index contributed by atoms with van der Waals surface area (Å²) in [5, 5.41) is 12.9. The molecule has 1 aliphatic heterocycles. The number of carbonyl (C=O) groups excluding carboxylic acids is 1. The number of carboxylic acid groups (broad SMARTS) is 1. The van der Waals surface area contributed by atoms with E-state index in [-0.39, 0.29) is 5.91 Å². The van der Waals surface area contributed by atoms with Gasteiger partial charge in [-0.1, -0.05) is 18.2 Å². The van der Waals surface area contributed by atoms with Gasteiger partial charge in [-0.2, -0.15) is 0 Å². The number of aliphatic carboxylic acids is 1. The van der Waals surface area contributed by atoms with Crippen molar-refractivity contribution in [1.82, 2.24) is 5.01 Å². The lowest BCUT2D eigenvalue weighted by molar-refractivity contribution is -0.140. The fraction of sp³-hybridized carbons (Fsp3) is 0.429. The average Bonchev–Trinajstić information content (AvgIpc) is 3.14. The highest BCUT2D eigenvalue weighted by molar-refractivity contribution is 5.89. The van der Waals surface area contributed by atoms with Crippen LogP contribution >= 0.6 is 0 Å². The standard InChI is InChI=1S/C14H16N2O3/c1-15-12(17)6-9-16(15)11-5-3-2-4-10(11)14(7-8-14)13(18)19/h2-5H,6-9H2,1H3,(H,18,19). The van der Waals surface area contributed by atoms with E-state index in [1.807, 2.05) is 29.3 Å². The fourth-order valence-corrected chi connectivity index (χ4v) is 2.76. The van der Waals surface area contributed by atoms with Crippen molar-refractivity contribution in [3.05, 3.63) is 29.8 Å². The molecule has 1 aromatic carbocycles. The quantitative estimate of drug-likeness (QED) is 0.892. The van der Waals surface area contributed by atoms with Crippen LogP contribution in [0.25, 0.3) is 0 Å². The highest BCUT2D eigenvalue weighted by Gasteiger charge is 2.53. The summed E-state index contributed by atoms with van der Waals surface area (Å²) in [7, 11) is 1.73. The molecule has 0 atom stereocenters. The number of hydrogen-bond donors (Lipinski definition) is 1. The first-order valence-corrected chi connectivity index (χ1v) is 6.43. The predicted molar refractivity (Wildman–Crippen MR) is 69.7 cm³/mol. The van der Waals surface area contributed by atoms with Crippen LogP contribution in [0.2, 0.25) is 0 Å². The Bertz CT molecular complexity index is 551. The topological polar surface area (TPSA) is 60.9 Å². The van der Waals surface area contributed by atoms with Gasteiger partial charge in [-0.25, -0.2) is 0 Å². The number of anilines is 1. The van der Waals surface area contributed by atoms with Gasteiger partial charge in [-0.3, -0.25) is 19.6 Å². The van der Waals surface area contributed by atoms with Crippen molar-refractivity contribution >= 4 is 17.6 Å². The highest BCUT2D eigenvalue weighted by atomic mass is 16.4. The van der Waals surface area contributed by atoms with Crippen LogP contribution in [-0.4, -0.2) is 35.6 Å². The van der Waals surface area contributed by atoms with E-state index in [1.54, 1.807) is 12.1 Å². The monoisotopic (exact) mass is 260 g/mol. The minimum absolute atomic E-state index is 0.0648. The van der Waals surface area contributed by atoms with Crippen LogP contribution in [0.5, 0.6) is 0 Å². The van der Waals surface area contributed by atoms with E-state index in [1.165, 1.54) is 0 Å². The first kappa shape index (κ1) is 12.0. The maximum atomic E-state index is 11.6. The summed E-state index contributed by atoms with van der Waals surface area (Å²) in [5.41, 5.74) is 0.920. The molecular formula is C14H16N2O3. The number of nitrogens with zero attached hydrogens (tertiary/aromatic N) is 2. The number of carboxylic acids is 1. The van der Waals surface area contributed by atoms with Crippen molar-refractivity contribution in [3.63, 3.8) is 0 Å². The molecule has 0 aromatic heterocycles. The van der Waals surface area contributed by atoms with E-state index in [9.17, 15) is 14.7 Å². The van der Waals surface area contributed by atoms with Gasteiger partial charge < -0.3 is 5.11 Å². The van der Waals surface area contributed by atoms with Crippen LogP contribution in [0, 0.1) is 0 Å². The molecule has 3 rings (SSSR count). The predicted octanol–water partition coefficient (Wildman–Crippen LogP) is 1.39. The lowest BCUT2D eigenvalue weighted by Gasteiger charge is -2.29. The molecule has 1 aromatic rings. The Hall–Kier alpha value is -2.04. The van der Waals surface area contributed by atoms with Crippen LogP contribution < -0.4 is 5.01 Å². The third-order valence-corrected chi connectivity index (χ3v) is 4.12. The molecule has 0 bridgehead atoms. The molecule has 0 radical (unpaired) electrons. The number of hydrogen-bond acceptors (Lipinski definition) is 3.